The number of carbonyl (C=O) groups is 1. The fourth-order valence-electron chi connectivity index (χ4n) is 2.77. The predicted molar refractivity (Wildman–Crippen MR) is 97.3 cm³/mol. The first-order chi connectivity index (χ1) is 11.8. The number of piperidine rings is 1. The van der Waals surface area contributed by atoms with Crippen LogP contribution in [0.4, 0.5) is 0 Å². The Labute approximate surface area is 148 Å². The van der Waals surface area contributed by atoms with Gasteiger partial charge < -0.3 is 24.4 Å². The maximum absolute atomic E-state index is 12.1. The Bertz CT molecular complexity index is 313. The van der Waals surface area contributed by atoms with Crippen LogP contribution in [0.2, 0.25) is 0 Å². The Morgan fingerprint density at radius 3 is 2.17 bits per heavy atom. The zero-order valence-electron chi connectivity index (χ0n) is 15.6. The van der Waals surface area contributed by atoms with Gasteiger partial charge in [-0.05, 0) is 25.3 Å². The normalized spacial score (nSPS) is 15.8. The summed E-state index contributed by atoms with van der Waals surface area (Å²) in [4.78, 5) is 14.1. The Morgan fingerprint density at radius 2 is 1.58 bits per heavy atom. The number of amides is 1. The third-order valence-corrected chi connectivity index (χ3v) is 4.42. The van der Waals surface area contributed by atoms with E-state index in [4.69, 9.17) is 14.2 Å². The summed E-state index contributed by atoms with van der Waals surface area (Å²) in [7, 11) is 0. The smallest absolute Gasteiger partial charge is 0.224 e. The van der Waals surface area contributed by atoms with Crippen molar-refractivity contribution in [2.75, 3.05) is 65.8 Å². The molecule has 0 aromatic heterocycles. The highest BCUT2D eigenvalue weighted by atomic mass is 16.5. The highest BCUT2D eigenvalue weighted by molar-refractivity contribution is 5.76. The number of rotatable bonds is 14. The van der Waals surface area contributed by atoms with Crippen LogP contribution in [0.5, 0.6) is 0 Å². The summed E-state index contributed by atoms with van der Waals surface area (Å²) < 4.78 is 16.3. The predicted octanol–water partition coefficient (Wildman–Crippen LogP) is 1.93. The molecule has 0 bridgehead atoms. The van der Waals surface area contributed by atoms with Gasteiger partial charge in [-0.3, -0.25) is 4.79 Å². The van der Waals surface area contributed by atoms with E-state index in [9.17, 15) is 4.79 Å². The molecule has 0 saturated carbocycles. The van der Waals surface area contributed by atoms with Crippen LogP contribution in [0.15, 0.2) is 0 Å². The van der Waals surface area contributed by atoms with Crippen molar-refractivity contribution in [3.63, 3.8) is 0 Å². The molecule has 1 amide bonds. The first-order valence-corrected chi connectivity index (χ1v) is 9.49. The van der Waals surface area contributed by atoms with Crippen molar-refractivity contribution in [2.45, 2.75) is 39.5 Å². The van der Waals surface area contributed by atoms with E-state index in [1.807, 2.05) is 4.90 Å². The summed E-state index contributed by atoms with van der Waals surface area (Å²) in [5.41, 5.74) is 0. The van der Waals surface area contributed by atoms with Gasteiger partial charge in [0.15, 0.2) is 0 Å². The van der Waals surface area contributed by atoms with Crippen LogP contribution in [0, 0.1) is 5.92 Å². The van der Waals surface area contributed by atoms with E-state index in [0.717, 1.165) is 44.9 Å². The maximum Gasteiger partial charge on any atom is 0.224 e. The number of likely N-dealkylation sites (tertiary alicyclic amines) is 1. The van der Waals surface area contributed by atoms with E-state index >= 15 is 0 Å². The van der Waals surface area contributed by atoms with Crippen LogP contribution in [-0.4, -0.2) is 76.6 Å². The molecule has 0 aliphatic carbocycles. The Kier molecular flexibility index (Phi) is 13.0. The van der Waals surface area contributed by atoms with Crippen molar-refractivity contribution in [1.82, 2.24) is 10.2 Å². The van der Waals surface area contributed by atoms with E-state index < -0.39 is 0 Å². The molecule has 6 heteroatoms. The summed E-state index contributed by atoms with van der Waals surface area (Å²) in [5, 5.41) is 3.19. The molecule has 1 rings (SSSR count). The lowest BCUT2D eigenvalue weighted by Crippen LogP contribution is -2.38. The standard InChI is InChI=1S/C18H36N2O4.H2/c1-3-17-5-9-20(10-6-17)18(21)7-11-22-13-15-24-16-14-23-12-8-19-4-2;/h17,19H,3-16H2,1-2H3;1H. The molecule has 1 N–H and O–H groups in total. The van der Waals surface area contributed by atoms with Gasteiger partial charge in [0.25, 0.3) is 0 Å². The molecule has 0 radical (unpaired) electrons. The summed E-state index contributed by atoms with van der Waals surface area (Å²) in [6, 6.07) is 0. The topological polar surface area (TPSA) is 60.0 Å². The molecule has 1 aliphatic heterocycles. The fraction of sp³-hybridized carbons (Fsp3) is 0.944. The van der Waals surface area contributed by atoms with E-state index in [0.29, 0.717) is 46.1 Å². The average Bonchev–Trinajstić information content (AvgIpc) is 2.62. The summed E-state index contributed by atoms with van der Waals surface area (Å²) in [6.07, 6.45) is 4.00. The minimum Gasteiger partial charge on any atom is -0.379 e. The molecule has 1 aliphatic rings. The molecule has 0 unspecified atom stereocenters. The van der Waals surface area contributed by atoms with Gasteiger partial charge in [-0.1, -0.05) is 20.3 Å². The first-order valence-electron chi connectivity index (χ1n) is 9.49. The first kappa shape index (κ1) is 21.4. The van der Waals surface area contributed by atoms with Gasteiger partial charge in [-0.25, -0.2) is 0 Å². The van der Waals surface area contributed by atoms with Gasteiger partial charge >= 0.3 is 0 Å². The number of nitrogens with one attached hydrogen (secondary N) is 1. The molecule has 1 saturated heterocycles. The van der Waals surface area contributed by atoms with Crippen LogP contribution in [-0.2, 0) is 19.0 Å². The third-order valence-electron chi connectivity index (χ3n) is 4.42. The van der Waals surface area contributed by atoms with Crippen LogP contribution < -0.4 is 5.32 Å². The molecule has 0 spiro atoms. The van der Waals surface area contributed by atoms with Gasteiger partial charge in [-0.15, -0.1) is 0 Å². The number of likely N-dealkylation sites (N-methyl/N-ethyl adjacent to an activating group) is 1. The largest absolute Gasteiger partial charge is 0.379 e. The fourth-order valence-corrected chi connectivity index (χ4v) is 2.77. The molecule has 0 atom stereocenters. The minimum atomic E-state index is 0. The molecular formula is C18H38N2O4. The lowest BCUT2D eigenvalue weighted by molar-refractivity contribution is -0.133. The Morgan fingerprint density at radius 1 is 1.00 bits per heavy atom. The number of nitrogens with zero attached hydrogens (tertiary/aromatic N) is 1. The summed E-state index contributed by atoms with van der Waals surface area (Å²) in [5.74, 6) is 1.02. The van der Waals surface area contributed by atoms with Gasteiger partial charge in [0.2, 0.25) is 5.91 Å². The van der Waals surface area contributed by atoms with Gasteiger partial charge in [0.1, 0.15) is 0 Å². The van der Waals surface area contributed by atoms with E-state index in [1.165, 1.54) is 6.42 Å². The van der Waals surface area contributed by atoms with Crippen LogP contribution in [0.1, 0.15) is 41.0 Å². The number of carbonyl (C=O) groups excluding carboxylic acids is 1. The second kappa shape index (κ2) is 14.6. The van der Waals surface area contributed by atoms with Gasteiger partial charge in [0, 0.05) is 21.1 Å². The highest BCUT2D eigenvalue weighted by Crippen LogP contribution is 2.20. The summed E-state index contributed by atoms with van der Waals surface area (Å²) in [6.45, 7) is 11.4. The molecule has 24 heavy (non-hydrogen) atoms. The van der Waals surface area contributed by atoms with Gasteiger partial charge in [-0.2, -0.15) is 0 Å². The number of ether oxygens (including phenoxy) is 3. The van der Waals surface area contributed by atoms with Crippen molar-refractivity contribution >= 4 is 5.91 Å². The average molecular weight is 347 g/mol. The van der Waals surface area contributed by atoms with Crippen molar-refractivity contribution < 1.29 is 20.4 Å². The minimum absolute atomic E-state index is 0. The molecule has 0 aromatic carbocycles. The molecule has 0 aromatic rings. The third kappa shape index (κ3) is 10.2. The zero-order valence-corrected chi connectivity index (χ0v) is 15.6. The lowest BCUT2D eigenvalue weighted by Gasteiger charge is -2.31. The molecule has 6 nitrogen and oxygen atoms in total. The molecule has 144 valence electrons. The Hall–Kier alpha value is -0.690. The van der Waals surface area contributed by atoms with E-state index in [1.54, 1.807) is 0 Å². The zero-order chi connectivity index (χ0) is 17.5. The monoisotopic (exact) mass is 346 g/mol. The molecule has 1 heterocycles. The number of hydrogen-bond donors (Lipinski definition) is 1. The molecular weight excluding hydrogens is 308 g/mol. The van der Waals surface area contributed by atoms with Crippen LogP contribution in [0.25, 0.3) is 0 Å². The van der Waals surface area contributed by atoms with Crippen LogP contribution in [0.3, 0.4) is 0 Å². The second-order valence-electron chi connectivity index (χ2n) is 6.17. The van der Waals surface area contributed by atoms with Crippen LogP contribution >= 0.6 is 0 Å². The van der Waals surface area contributed by atoms with E-state index in [-0.39, 0.29) is 7.33 Å². The SMILES string of the molecule is CCNCCOCCOCCOCCC(=O)N1CCC(CC)CC1.[HH]. The van der Waals surface area contributed by atoms with Gasteiger partial charge in [0.05, 0.1) is 46.1 Å². The van der Waals surface area contributed by atoms with E-state index in [2.05, 4.69) is 19.2 Å². The lowest BCUT2D eigenvalue weighted by atomic mass is 9.94. The number of hydrogen-bond acceptors (Lipinski definition) is 5. The maximum atomic E-state index is 12.1. The van der Waals surface area contributed by atoms with Crippen molar-refractivity contribution in [2.24, 2.45) is 5.92 Å². The second-order valence-corrected chi connectivity index (χ2v) is 6.17. The Balaban J connectivity index is 0.00000576. The van der Waals surface area contributed by atoms with Crippen molar-refractivity contribution in [3.8, 4) is 0 Å². The summed E-state index contributed by atoms with van der Waals surface area (Å²) >= 11 is 0. The van der Waals surface area contributed by atoms with Crippen molar-refractivity contribution in [1.29, 1.82) is 0 Å². The molecule has 1 fully saturated rings. The quantitative estimate of drug-likeness (QED) is 0.487. The highest BCUT2D eigenvalue weighted by Gasteiger charge is 2.21. The van der Waals surface area contributed by atoms with Crippen molar-refractivity contribution in [3.05, 3.63) is 0 Å².